The van der Waals surface area contributed by atoms with Crippen LogP contribution in [0, 0.1) is 5.92 Å². The fourth-order valence-corrected chi connectivity index (χ4v) is 1.68. The smallest absolute Gasteiger partial charge is 0.198 e. The zero-order valence-corrected chi connectivity index (χ0v) is 9.69. The van der Waals surface area contributed by atoms with Gasteiger partial charge in [-0.2, -0.15) is 5.10 Å². The van der Waals surface area contributed by atoms with Gasteiger partial charge in [0.2, 0.25) is 0 Å². The number of hydrogen-bond acceptors (Lipinski definition) is 4. The minimum Gasteiger partial charge on any atom is -0.493 e. The van der Waals surface area contributed by atoms with E-state index in [0.29, 0.717) is 18.0 Å². The second kappa shape index (κ2) is 4.65. The normalized spacial score (nSPS) is 15.1. The van der Waals surface area contributed by atoms with Gasteiger partial charge in [0.05, 0.1) is 19.9 Å². The Kier molecular flexibility index (Phi) is 3.24. The lowest BCUT2D eigenvalue weighted by Gasteiger charge is -2.05. The van der Waals surface area contributed by atoms with Gasteiger partial charge in [-0.1, -0.05) is 0 Å². The molecule has 16 heavy (non-hydrogen) atoms. The maximum Gasteiger partial charge on any atom is 0.198 e. The van der Waals surface area contributed by atoms with Gasteiger partial charge in [-0.3, -0.25) is 9.48 Å². The predicted octanol–water partition coefficient (Wildman–Crippen LogP) is 0.611. The fourth-order valence-electron chi connectivity index (χ4n) is 1.68. The number of carbonyl (C=O) groups is 1. The van der Waals surface area contributed by atoms with Gasteiger partial charge in [-0.15, -0.1) is 0 Å². The van der Waals surface area contributed by atoms with Crippen LogP contribution in [0.15, 0.2) is 6.20 Å². The average molecular weight is 223 g/mol. The van der Waals surface area contributed by atoms with Gasteiger partial charge in [0, 0.05) is 7.05 Å². The lowest BCUT2D eigenvalue weighted by molar-refractivity contribution is 0.0979. The first-order chi connectivity index (χ1) is 7.72. The van der Waals surface area contributed by atoms with Crippen molar-refractivity contribution in [3.05, 3.63) is 11.9 Å². The molecule has 5 heteroatoms. The second-order valence-corrected chi connectivity index (χ2v) is 4.18. The van der Waals surface area contributed by atoms with Crippen LogP contribution in [0.2, 0.25) is 0 Å². The molecule has 1 aliphatic carbocycles. The first kappa shape index (κ1) is 11.1. The Bertz CT molecular complexity index is 383. The van der Waals surface area contributed by atoms with E-state index in [1.807, 2.05) is 0 Å². The molecule has 1 saturated carbocycles. The number of aromatic nitrogens is 2. The largest absolute Gasteiger partial charge is 0.493 e. The summed E-state index contributed by atoms with van der Waals surface area (Å²) in [6, 6.07) is 0. The van der Waals surface area contributed by atoms with E-state index >= 15 is 0 Å². The molecule has 2 rings (SSSR count). The molecule has 0 radical (unpaired) electrons. The molecule has 0 spiro atoms. The summed E-state index contributed by atoms with van der Waals surface area (Å²) in [7, 11) is 3.29. The van der Waals surface area contributed by atoms with E-state index in [1.165, 1.54) is 12.8 Å². The van der Waals surface area contributed by atoms with E-state index in [4.69, 9.17) is 4.74 Å². The molecule has 1 N–H and O–H groups in total. The predicted molar refractivity (Wildman–Crippen MR) is 59.7 cm³/mol. The Morgan fingerprint density at radius 3 is 3.06 bits per heavy atom. The van der Waals surface area contributed by atoms with Gasteiger partial charge in [0.15, 0.2) is 11.5 Å². The van der Waals surface area contributed by atoms with Gasteiger partial charge in [0.1, 0.15) is 5.69 Å². The highest BCUT2D eigenvalue weighted by Gasteiger charge is 2.22. The molecule has 1 aromatic rings. The molecule has 1 aromatic heterocycles. The van der Waals surface area contributed by atoms with Gasteiger partial charge in [0.25, 0.3) is 0 Å². The molecule has 0 amide bonds. The highest BCUT2D eigenvalue weighted by Crippen LogP contribution is 2.27. The third kappa shape index (κ3) is 2.41. The van der Waals surface area contributed by atoms with Crippen LogP contribution in [0.4, 0.5) is 0 Å². The third-order valence-electron chi connectivity index (χ3n) is 2.80. The van der Waals surface area contributed by atoms with Crippen molar-refractivity contribution in [2.75, 3.05) is 20.2 Å². The number of ketones is 1. The Morgan fingerprint density at radius 1 is 1.69 bits per heavy atom. The van der Waals surface area contributed by atoms with Crippen LogP contribution in [0.3, 0.4) is 0 Å². The van der Waals surface area contributed by atoms with E-state index in [9.17, 15) is 4.79 Å². The number of Topliss-reactive ketones (excluding diaryl/α,β-unsaturated/α-hetero) is 1. The van der Waals surface area contributed by atoms with Crippen LogP contribution in [0.1, 0.15) is 23.3 Å². The molecule has 1 heterocycles. The van der Waals surface area contributed by atoms with Crippen LogP contribution >= 0.6 is 0 Å². The number of rotatable bonds is 6. The standard InChI is InChI=1S/C11H17N3O2/c1-14-11(10(16-2)7-13-14)9(15)6-12-5-8-3-4-8/h7-8,12H,3-6H2,1-2H3. The maximum absolute atomic E-state index is 11.9. The number of methoxy groups -OCH3 is 1. The minimum absolute atomic E-state index is 0.0255. The summed E-state index contributed by atoms with van der Waals surface area (Å²) in [5.41, 5.74) is 0.533. The number of hydrogen-bond donors (Lipinski definition) is 1. The number of carbonyl (C=O) groups excluding carboxylic acids is 1. The van der Waals surface area contributed by atoms with E-state index in [2.05, 4.69) is 10.4 Å². The molecular weight excluding hydrogens is 206 g/mol. The summed E-state index contributed by atoms with van der Waals surface area (Å²) in [5.74, 6) is 1.35. The van der Waals surface area contributed by atoms with Gasteiger partial charge >= 0.3 is 0 Å². The monoisotopic (exact) mass is 223 g/mol. The highest BCUT2D eigenvalue weighted by atomic mass is 16.5. The average Bonchev–Trinajstić information content (AvgIpc) is 3.00. The second-order valence-electron chi connectivity index (χ2n) is 4.18. The summed E-state index contributed by atoms with van der Waals surface area (Å²) in [5, 5.41) is 7.17. The number of aryl methyl sites for hydroxylation is 1. The number of nitrogens with zero attached hydrogens (tertiary/aromatic N) is 2. The Balaban J connectivity index is 1.92. The Labute approximate surface area is 94.8 Å². The topological polar surface area (TPSA) is 56.2 Å². The van der Waals surface area contributed by atoms with Crippen molar-refractivity contribution in [1.29, 1.82) is 0 Å². The zero-order chi connectivity index (χ0) is 11.5. The number of ether oxygens (including phenoxy) is 1. The van der Waals surface area contributed by atoms with Crippen LogP contribution in [-0.4, -0.2) is 35.8 Å². The molecule has 0 aliphatic heterocycles. The molecule has 1 aliphatic rings. The summed E-state index contributed by atoms with van der Waals surface area (Å²) in [6.45, 7) is 1.29. The Hall–Kier alpha value is -1.36. The Morgan fingerprint density at radius 2 is 2.44 bits per heavy atom. The van der Waals surface area contributed by atoms with E-state index in [1.54, 1.807) is 25.0 Å². The molecule has 5 nitrogen and oxygen atoms in total. The van der Waals surface area contributed by atoms with Crippen molar-refractivity contribution in [3.63, 3.8) is 0 Å². The zero-order valence-electron chi connectivity index (χ0n) is 9.69. The van der Waals surface area contributed by atoms with Crippen LogP contribution in [0.5, 0.6) is 5.75 Å². The molecular formula is C11H17N3O2. The molecule has 1 fully saturated rings. The first-order valence-corrected chi connectivity index (χ1v) is 5.52. The third-order valence-corrected chi connectivity index (χ3v) is 2.80. The van der Waals surface area contributed by atoms with Crippen LogP contribution in [-0.2, 0) is 7.05 Å². The van der Waals surface area contributed by atoms with Crippen molar-refractivity contribution >= 4 is 5.78 Å². The number of nitrogens with one attached hydrogen (secondary N) is 1. The SMILES string of the molecule is COc1cnn(C)c1C(=O)CNCC1CC1. The van der Waals surface area contributed by atoms with E-state index in [-0.39, 0.29) is 5.78 Å². The van der Waals surface area contributed by atoms with E-state index in [0.717, 1.165) is 12.5 Å². The fraction of sp³-hybridized carbons (Fsp3) is 0.636. The summed E-state index contributed by atoms with van der Waals surface area (Å²) < 4.78 is 6.65. The maximum atomic E-state index is 11.9. The molecule has 0 atom stereocenters. The van der Waals surface area contributed by atoms with Gasteiger partial charge in [-0.05, 0) is 25.3 Å². The van der Waals surface area contributed by atoms with Crippen molar-refractivity contribution < 1.29 is 9.53 Å². The lowest BCUT2D eigenvalue weighted by Crippen LogP contribution is -2.26. The van der Waals surface area contributed by atoms with Crippen molar-refractivity contribution in [2.45, 2.75) is 12.8 Å². The van der Waals surface area contributed by atoms with Crippen LogP contribution < -0.4 is 10.1 Å². The van der Waals surface area contributed by atoms with E-state index < -0.39 is 0 Å². The first-order valence-electron chi connectivity index (χ1n) is 5.52. The molecule has 0 aromatic carbocycles. The summed E-state index contributed by atoms with van der Waals surface area (Å²) in [4.78, 5) is 11.9. The van der Waals surface area contributed by atoms with Crippen molar-refractivity contribution in [1.82, 2.24) is 15.1 Å². The molecule has 0 unspecified atom stereocenters. The summed E-state index contributed by atoms with van der Waals surface area (Å²) in [6.07, 6.45) is 4.14. The summed E-state index contributed by atoms with van der Waals surface area (Å²) >= 11 is 0. The van der Waals surface area contributed by atoms with Crippen LogP contribution in [0.25, 0.3) is 0 Å². The molecule has 0 saturated heterocycles. The molecule has 88 valence electrons. The molecule has 0 bridgehead atoms. The van der Waals surface area contributed by atoms with Crippen molar-refractivity contribution in [3.8, 4) is 5.75 Å². The minimum atomic E-state index is 0.0255. The lowest BCUT2D eigenvalue weighted by atomic mass is 10.2. The van der Waals surface area contributed by atoms with Crippen molar-refractivity contribution in [2.24, 2.45) is 13.0 Å². The van der Waals surface area contributed by atoms with Gasteiger partial charge < -0.3 is 10.1 Å². The highest BCUT2D eigenvalue weighted by molar-refractivity contribution is 5.98. The van der Waals surface area contributed by atoms with Gasteiger partial charge in [-0.25, -0.2) is 0 Å². The quantitative estimate of drug-likeness (QED) is 0.718.